The average Bonchev–Trinajstić information content (AvgIpc) is 2.75. The first kappa shape index (κ1) is 25.5. The Balaban J connectivity index is 2.11. The fourth-order valence-corrected chi connectivity index (χ4v) is 4.42. The predicted molar refractivity (Wildman–Crippen MR) is 132 cm³/mol. The van der Waals surface area contributed by atoms with Crippen molar-refractivity contribution in [2.75, 3.05) is 13.7 Å². The van der Waals surface area contributed by atoms with Gasteiger partial charge in [0.2, 0.25) is 5.91 Å². The Morgan fingerprint density at radius 1 is 1.23 bits per heavy atom. The van der Waals surface area contributed by atoms with Crippen molar-refractivity contribution < 1.29 is 14.3 Å². The third kappa shape index (κ3) is 8.74. The summed E-state index contributed by atoms with van der Waals surface area (Å²) in [5.41, 5.74) is 1.72. The number of carbonyl (C=O) groups is 2. The summed E-state index contributed by atoms with van der Waals surface area (Å²) >= 11 is 11.9. The minimum atomic E-state index is 0.0208. The van der Waals surface area contributed by atoms with Crippen LogP contribution in [0.15, 0.2) is 24.3 Å². The zero-order valence-corrected chi connectivity index (χ0v) is 20.2. The number of hydrogen-bond donors (Lipinski definition) is 1. The quantitative estimate of drug-likeness (QED) is 0.343. The Labute approximate surface area is 196 Å². The van der Waals surface area contributed by atoms with E-state index in [0.717, 1.165) is 41.8 Å². The molecule has 1 aromatic carbocycles. The van der Waals surface area contributed by atoms with Crippen molar-refractivity contribution in [1.29, 1.82) is 0 Å². The number of unbranched alkanes of at least 4 members (excludes halogenated alkanes) is 3. The molecular weight excluding hydrogens is 430 g/mol. The van der Waals surface area contributed by atoms with Gasteiger partial charge in [-0.15, -0.1) is 0 Å². The molecule has 1 amide bonds. The molecule has 1 N–H and O–H groups in total. The highest BCUT2D eigenvalue weighted by Crippen LogP contribution is 2.34. The van der Waals surface area contributed by atoms with E-state index in [9.17, 15) is 9.59 Å². The summed E-state index contributed by atoms with van der Waals surface area (Å²) in [5.74, 6) is 0.850. The first-order valence-electron chi connectivity index (χ1n) is 11.3. The first-order valence-corrected chi connectivity index (χ1v) is 12.1. The minimum Gasteiger partial charge on any atom is -0.496 e. The van der Waals surface area contributed by atoms with Gasteiger partial charge in [-0.2, -0.15) is 0 Å². The average molecular weight is 464 g/mol. The second kappa shape index (κ2) is 13.6. The fourth-order valence-electron chi connectivity index (χ4n) is 3.91. The number of thiocarbonyl (C=S) groups is 1. The van der Waals surface area contributed by atoms with Crippen molar-refractivity contribution in [3.05, 3.63) is 34.9 Å². The Bertz CT molecular complexity index is 806. The van der Waals surface area contributed by atoms with Crippen LogP contribution in [0.2, 0.25) is 5.02 Å². The van der Waals surface area contributed by atoms with E-state index in [-0.39, 0.29) is 17.6 Å². The van der Waals surface area contributed by atoms with E-state index in [2.05, 4.69) is 12.2 Å². The minimum absolute atomic E-state index is 0.0208. The van der Waals surface area contributed by atoms with Crippen molar-refractivity contribution in [3.8, 4) is 5.75 Å². The third-order valence-corrected chi connectivity index (χ3v) is 6.46. The Morgan fingerprint density at radius 2 is 2.03 bits per heavy atom. The van der Waals surface area contributed by atoms with Gasteiger partial charge in [0.1, 0.15) is 5.75 Å². The maximum atomic E-state index is 12.5. The maximum Gasteiger partial charge on any atom is 0.220 e. The van der Waals surface area contributed by atoms with Gasteiger partial charge in [0.25, 0.3) is 0 Å². The SMILES string of the molecule is CCCCCCNC(=O)CC1CC/C(c2cc(Cl)ccc2OC)=C\C(=O)CCCC1=S. The number of hydrogen-bond acceptors (Lipinski definition) is 4. The summed E-state index contributed by atoms with van der Waals surface area (Å²) in [6.07, 6.45) is 9.87. The highest BCUT2D eigenvalue weighted by atomic mass is 35.5. The zero-order chi connectivity index (χ0) is 22.6. The first-order chi connectivity index (χ1) is 14.9. The predicted octanol–water partition coefficient (Wildman–Crippen LogP) is 6.34. The van der Waals surface area contributed by atoms with E-state index < -0.39 is 0 Å². The molecule has 1 unspecified atom stereocenters. The Hall–Kier alpha value is -1.72. The van der Waals surface area contributed by atoms with Crippen LogP contribution < -0.4 is 10.1 Å². The molecule has 0 bridgehead atoms. The lowest BCUT2D eigenvalue weighted by atomic mass is 9.87. The van der Waals surface area contributed by atoms with E-state index in [1.54, 1.807) is 19.3 Å². The lowest BCUT2D eigenvalue weighted by Crippen LogP contribution is -2.29. The van der Waals surface area contributed by atoms with E-state index in [0.29, 0.717) is 42.9 Å². The van der Waals surface area contributed by atoms with Gasteiger partial charge >= 0.3 is 0 Å². The molecule has 0 saturated heterocycles. The van der Waals surface area contributed by atoms with Crippen molar-refractivity contribution in [2.45, 2.75) is 71.1 Å². The molecule has 0 spiro atoms. The van der Waals surface area contributed by atoms with E-state index >= 15 is 0 Å². The molecule has 2 rings (SSSR count). The van der Waals surface area contributed by atoms with Gasteiger partial charge in [-0.1, -0.05) is 50.0 Å². The number of ketones is 1. The molecule has 0 fully saturated rings. The summed E-state index contributed by atoms with van der Waals surface area (Å²) < 4.78 is 5.50. The second-order valence-corrected chi connectivity index (χ2v) is 9.11. The van der Waals surface area contributed by atoms with Gasteiger partial charge < -0.3 is 10.1 Å². The topological polar surface area (TPSA) is 55.4 Å². The van der Waals surface area contributed by atoms with Crippen molar-refractivity contribution in [1.82, 2.24) is 5.32 Å². The number of amides is 1. The molecule has 0 heterocycles. The molecule has 6 heteroatoms. The number of benzene rings is 1. The van der Waals surface area contributed by atoms with Crippen LogP contribution in [0.3, 0.4) is 0 Å². The van der Waals surface area contributed by atoms with Crippen molar-refractivity contribution in [3.63, 3.8) is 0 Å². The lowest BCUT2D eigenvalue weighted by Gasteiger charge is -2.21. The summed E-state index contributed by atoms with van der Waals surface area (Å²) in [6, 6.07) is 5.42. The van der Waals surface area contributed by atoms with E-state index in [4.69, 9.17) is 28.6 Å². The van der Waals surface area contributed by atoms with Crippen LogP contribution in [0.4, 0.5) is 0 Å². The molecule has 0 radical (unpaired) electrons. The van der Waals surface area contributed by atoms with Crippen LogP contribution in [0, 0.1) is 5.92 Å². The number of rotatable bonds is 9. The molecule has 31 heavy (non-hydrogen) atoms. The number of allylic oxidation sites excluding steroid dienone is 2. The van der Waals surface area contributed by atoms with Gasteiger partial charge in [-0.3, -0.25) is 9.59 Å². The molecule has 4 nitrogen and oxygen atoms in total. The Morgan fingerprint density at radius 3 is 2.77 bits per heavy atom. The molecule has 1 aliphatic carbocycles. The highest BCUT2D eigenvalue weighted by molar-refractivity contribution is 7.80. The standard InChI is InChI=1S/C25H34ClNO3S/c1-3-4-5-6-14-27-25(29)16-19-11-10-18(15-21(28)8-7-9-24(19)31)22-17-20(26)12-13-23(22)30-2/h12-13,15,17,19H,3-11,14,16H2,1-2H3,(H,27,29)/b18-15+. The molecule has 1 atom stereocenters. The molecule has 0 aliphatic heterocycles. The molecule has 1 aromatic rings. The van der Waals surface area contributed by atoms with Crippen LogP contribution >= 0.6 is 23.8 Å². The largest absolute Gasteiger partial charge is 0.496 e. The van der Waals surface area contributed by atoms with Crippen LogP contribution in [0.5, 0.6) is 5.75 Å². The number of ether oxygens (including phenoxy) is 1. The smallest absolute Gasteiger partial charge is 0.220 e. The number of nitrogens with one attached hydrogen (secondary N) is 1. The normalized spacial score (nSPS) is 19.5. The number of methoxy groups -OCH3 is 1. The highest BCUT2D eigenvalue weighted by Gasteiger charge is 2.22. The summed E-state index contributed by atoms with van der Waals surface area (Å²) in [4.78, 5) is 25.9. The zero-order valence-electron chi connectivity index (χ0n) is 18.7. The van der Waals surface area contributed by atoms with Crippen LogP contribution in [-0.2, 0) is 9.59 Å². The lowest BCUT2D eigenvalue weighted by molar-refractivity contribution is -0.121. The van der Waals surface area contributed by atoms with Crippen molar-refractivity contribution >= 4 is 45.9 Å². The van der Waals surface area contributed by atoms with Crippen LogP contribution in [-0.4, -0.2) is 30.2 Å². The third-order valence-electron chi connectivity index (χ3n) is 5.69. The number of carbonyl (C=O) groups excluding carboxylic acids is 2. The molecule has 170 valence electrons. The monoisotopic (exact) mass is 463 g/mol. The van der Waals surface area contributed by atoms with Crippen LogP contribution in [0.1, 0.15) is 76.7 Å². The van der Waals surface area contributed by atoms with E-state index in [1.165, 1.54) is 12.8 Å². The summed E-state index contributed by atoms with van der Waals surface area (Å²) in [7, 11) is 1.61. The molecule has 1 aliphatic rings. The maximum absolute atomic E-state index is 12.5. The van der Waals surface area contributed by atoms with Gasteiger partial charge in [0.05, 0.1) is 7.11 Å². The molecular formula is C25H34ClNO3S. The van der Waals surface area contributed by atoms with Gasteiger partial charge in [0, 0.05) is 30.0 Å². The van der Waals surface area contributed by atoms with E-state index in [1.807, 2.05) is 12.1 Å². The number of halogens is 1. The molecule has 0 aromatic heterocycles. The van der Waals surface area contributed by atoms with Gasteiger partial charge in [-0.05, 0) is 72.7 Å². The molecule has 0 saturated carbocycles. The van der Waals surface area contributed by atoms with Gasteiger partial charge in [-0.25, -0.2) is 0 Å². The Kier molecular flexibility index (Phi) is 11.2. The van der Waals surface area contributed by atoms with Gasteiger partial charge in [0.15, 0.2) is 5.78 Å². The fraction of sp³-hybridized carbons (Fsp3) is 0.560. The van der Waals surface area contributed by atoms with Crippen LogP contribution in [0.25, 0.3) is 5.57 Å². The summed E-state index contributed by atoms with van der Waals surface area (Å²) in [5, 5.41) is 3.64. The van der Waals surface area contributed by atoms with Crippen molar-refractivity contribution in [2.24, 2.45) is 5.92 Å². The second-order valence-electron chi connectivity index (χ2n) is 8.15. The summed E-state index contributed by atoms with van der Waals surface area (Å²) in [6.45, 7) is 2.89.